The minimum atomic E-state index is -0.306. The van der Waals surface area contributed by atoms with E-state index in [1.165, 1.54) is 12.1 Å². The Morgan fingerprint density at radius 2 is 2.11 bits per heavy atom. The number of nitrogens with two attached hydrogens (primary N) is 1. The van der Waals surface area contributed by atoms with Crippen LogP contribution in [-0.2, 0) is 0 Å². The molecule has 0 saturated heterocycles. The average Bonchev–Trinajstić information content (AvgIpc) is 2.30. The van der Waals surface area contributed by atoms with Crippen LogP contribution in [0.15, 0.2) is 28.9 Å². The van der Waals surface area contributed by atoms with Crippen molar-refractivity contribution in [1.82, 2.24) is 9.97 Å². The Hall–Kier alpha value is -1.73. The fraction of sp³-hybridized carbons (Fsp3) is 0.0909. The van der Waals surface area contributed by atoms with Crippen molar-refractivity contribution in [2.75, 3.05) is 10.7 Å². The first-order chi connectivity index (χ1) is 8.58. The van der Waals surface area contributed by atoms with E-state index < -0.39 is 0 Å². The summed E-state index contributed by atoms with van der Waals surface area (Å²) in [5, 5.41) is 3.00. The largest absolute Gasteiger partial charge is 0.339 e. The lowest BCUT2D eigenvalue weighted by molar-refractivity contribution is 0.627. The van der Waals surface area contributed by atoms with E-state index in [4.69, 9.17) is 5.84 Å². The number of aryl methyl sites for hydroxylation is 1. The quantitative estimate of drug-likeness (QED) is 0.600. The number of hydrogen-bond acceptors (Lipinski definition) is 5. The summed E-state index contributed by atoms with van der Waals surface area (Å²) < 4.78 is 13.9. The number of nitrogens with zero attached hydrogens (tertiary/aromatic N) is 2. The van der Waals surface area contributed by atoms with E-state index in [0.717, 1.165) is 5.56 Å². The number of aromatic nitrogens is 2. The van der Waals surface area contributed by atoms with Crippen LogP contribution in [0.1, 0.15) is 5.56 Å². The molecule has 0 radical (unpaired) electrons. The molecule has 0 aliphatic rings. The first-order valence-corrected chi connectivity index (χ1v) is 5.91. The highest BCUT2D eigenvalue weighted by atomic mass is 79.9. The first kappa shape index (κ1) is 12.7. The molecule has 4 N–H and O–H groups in total. The molecule has 0 aliphatic heterocycles. The van der Waals surface area contributed by atoms with Gasteiger partial charge in [-0.05, 0) is 46.6 Å². The van der Waals surface area contributed by atoms with Gasteiger partial charge in [-0.25, -0.2) is 15.2 Å². The molecular formula is C11H11BrFN5. The molecule has 0 fully saturated rings. The number of nitrogens with one attached hydrogen (secondary N) is 2. The van der Waals surface area contributed by atoms with Crippen LogP contribution in [0.4, 0.5) is 21.8 Å². The van der Waals surface area contributed by atoms with Gasteiger partial charge in [-0.3, -0.25) is 5.43 Å². The summed E-state index contributed by atoms with van der Waals surface area (Å²) in [7, 11) is 0. The molecule has 1 aromatic heterocycles. The van der Waals surface area contributed by atoms with Crippen molar-refractivity contribution in [3.63, 3.8) is 0 Å². The smallest absolute Gasteiger partial charge is 0.239 e. The normalized spacial score (nSPS) is 10.2. The van der Waals surface area contributed by atoms with E-state index in [9.17, 15) is 4.39 Å². The maximum atomic E-state index is 13.3. The maximum Gasteiger partial charge on any atom is 0.239 e. The highest BCUT2D eigenvalue weighted by molar-refractivity contribution is 9.10. The molecular weight excluding hydrogens is 301 g/mol. The van der Waals surface area contributed by atoms with Crippen molar-refractivity contribution >= 4 is 33.4 Å². The lowest BCUT2D eigenvalue weighted by atomic mass is 10.2. The number of hydrogen-bond donors (Lipinski definition) is 3. The Bertz CT molecular complexity index is 555. The number of halogens is 2. The summed E-state index contributed by atoms with van der Waals surface area (Å²) in [6, 6.07) is 4.65. The number of nitrogen functional groups attached to an aromatic ring is 1. The van der Waals surface area contributed by atoms with Crippen molar-refractivity contribution in [2.45, 2.75) is 6.92 Å². The van der Waals surface area contributed by atoms with Crippen molar-refractivity contribution in [3.05, 3.63) is 40.2 Å². The van der Waals surface area contributed by atoms with Crippen LogP contribution in [0.3, 0.4) is 0 Å². The van der Waals surface area contributed by atoms with Crippen molar-refractivity contribution < 1.29 is 4.39 Å². The molecule has 0 saturated carbocycles. The zero-order chi connectivity index (χ0) is 13.1. The zero-order valence-electron chi connectivity index (χ0n) is 9.54. The number of benzene rings is 1. The van der Waals surface area contributed by atoms with Gasteiger partial charge in [0.05, 0.1) is 4.47 Å². The van der Waals surface area contributed by atoms with E-state index in [0.29, 0.717) is 16.0 Å². The predicted molar refractivity (Wildman–Crippen MR) is 72.0 cm³/mol. The molecule has 18 heavy (non-hydrogen) atoms. The van der Waals surface area contributed by atoms with Crippen molar-refractivity contribution in [1.29, 1.82) is 0 Å². The Labute approximate surface area is 112 Å². The molecule has 1 heterocycles. The highest BCUT2D eigenvalue weighted by Crippen LogP contribution is 2.24. The lowest BCUT2D eigenvalue weighted by Gasteiger charge is -2.09. The van der Waals surface area contributed by atoms with Crippen LogP contribution < -0.4 is 16.6 Å². The van der Waals surface area contributed by atoms with Gasteiger partial charge in [-0.2, -0.15) is 4.98 Å². The second kappa shape index (κ2) is 5.28. The fourth-order valence-corrected chi connectivity index (χ4v) is 1.76. The Kier molecular flexibility index (Phi) is 3.73. The Morgan fingerprint density at radius 3 is 2.78 bits per heavy atom. The Balaban J connectivity index is 2.33. The Morgan fingerprint density at radius 1 is 1.33 bits per heavy atom. The van der Waals surface area contributed by atoms with Gasteiger partial charge in [-0.15, -0.1) is 0 Å². The maximum absolute atomic E-state index is 13.3. The molecule has 0 bridgehead atoms. The molecule has 0 unspecified atom stereocenters. The van der Waals surface area contributed by atoms with Gasteiger partial charge >= 0.3 is 0 Å². The standard InChI is InChI=1S/C11H11BrFN5/c1-6-2-7(13)4-8(3-6)16-10-9(12)5-15-11(17-10)18-14/h2-5H,14H2,1H3,(H2,15,16,17,18). The summed E-state index contributed by atoms with van der Waals surface area (Å²) >= 11 is 3.30. The third-order valence-corrected chi connectivity index (χ3v) is 2.76. The third kappa shape index (κ3) is 2.93. The molecule has 2 aromatic rings. The molecule has 7 heteroatoms. The van der Waals surface area contributed by atoms with Gasteiger partial charge in [-0.1, -0.05) is 0 Å². The molecule has 94 valence electrons. The fourth-order valence-electron chi connectivity index (χ4n) is 1.47. The SMILES string of the molecule is Cc1cc(F)cc(Nc2nc(NN)ncc2Br)c1. The average molecular weight is 312 g/mol. The van der Waals surface area contributed by atoms with E-state index in [-0.39, 0.29) is 11.8 Å². The lowest BCUT2D eigenvalue weighted by Crippen LogP contribution is -2.11. The molecule has 2 rings (SSSR count). The molecule has 0 amide bonds. The minimum absolute atomic E-state index is 0.272. The summed E-state index contributed by atoms with van der Waals surface area (Å²) in [5.74, 6) is 5.70. The van der Waals surface area contributed by atoms with E-state index >= 15 is 0 Å². The van der Waals surface area contributed by atoms with Crippen LogP contribution >= 0.6 is 15.9 Å². The van der Waals surface area contributed by atoms with Crippen molar-refractivity contribution in [2.24, 2.45) is 5.84 Å². The summed E-state index contributed by atoms with van der Waals surface area (Å²) in [5.41, 5.74) is 3.77. The van der Waals surface area contributed by atoms with E-state index in [1.807, 2.05) is 13.0 Å². The van der Waals surface area contributed by atoms with Gasteiger partial charge < -0.3 is 5.32 Å². The second-order valence-corrected chi connectivity index (χ2v) is 4.53. The monoisotopic (exact) mass is 311 g/mol. The molecule has 0 spiro atoms. The van der Waals surface area contributed by atoms with E-state index in [2.05, 4.69) is 36.6 Å². The van der Waals surface area contributed by atoms with Gasteiger partial charge in [0.25, 0.3) is 0 Å². The third-order valence-electron chi connectivity index (χ3n) is 2.18. The number of rotatable bonds is 3. The summed E-state index contributed by atoms with van der Waals surface area (Å²) in [4.78, 5) is 8.04. The first-order valence-electron chi connectivity index (χ1n) is 5.12. The molecule has 0 atom stereocenters. The van der Waals surface area contributed by atoms with Gasteiger partial charge in [0.2, 0.25) is 5.95 Å². The molecule has 0 aliphatic carbocycles. The van der Waals surface area contributed by atoms with Crippen LogP contribution in [0.5, 0.6) is 0 Å². The second-order valence-electron chi connectivity index (χ2n) is 3.68. The topological polar surface area (TPSA) is 75.9 Å². The van der Waals surface area contributed by atoms with Crippen LogP contribution in [0.25, 0.3) is 0 Å². The van der Waals surface area contributed by atoms with Crippen molar-refractivity contribution in [3.8, 4) is 0 Å². The van der Waals surface area contributed by atoms with Crippen LogP contribution in [0.2, 0.25) is 0 Å². The molecule has 5 nitrogen and oxygen atoms in total. The van der Waals surface area contributed by atoms with Gasteiger partial charge in [0, 0.05) is 11.9 Å². The number of hydrazine groups is 1. The van der Waals surface area contributed by atoms with Crippen LogP contribution in [-0.4, -0.2) is 9.97 Å². The van der Waals surface area contributed by atoms with E-state index in [1.54, 1.807) is 6.20 Å². The minimum Gasteiger partial charge on any atom is -0.339 e. The zero-order valence-corrected chi connectivity index (χ0v) is 11.1. The number of anilines is 3. The van der Waals surface area contributed by atoms with Gasteiger partial charge in [0.15, 0.2) is 0 Å². The predicted octanol–water partition coefficient (Wildman–Crippen LogP) is 2.72. The summed E-state index contributed by atoms with van der Waals surface area (Å²) in [6.07, 6.45) is 1.55. The van der Waals surface area contributed by atoms with Crippen LogP contribution in [0, 0.1) is 12.7 Å². The summed E-state index contributed by atoms with van der Waals surface area (Å²) in [6.45, 7) is 1.82. The highest BCUT2D eigenvalue weighted by Gasteiger charge is 2.06. The van der Waals surface area contributed by atoms with Gasteiger partial charge in [0.1, 0.15) is 11.6 Å². The molecule has 1 aromatic carbocycles.